The molecule has 0 bridgehead atoms. The van der Waals surface area contributed by atoms with Crippen LogP contribution in [0.25, 0.3) is 0 Å². The van der Waals surface area contributed by atoms with Crippen LogP contribution in [0.1, 0.15) is 25.7 Å². The van der Waals surface area contributed by atoms with Crippen molar-refractivity contribution in [3.63, 3.8) is 0 Å². The lowest BCUT2D eigenvalue weighted by molar-refractivity contribution is 0.139. The molecule has 0 radical (unpaired) electrons. The van der Waals surface area contributed by atoms with Crippen molar-refractivity contribution in [2.75, 3.05) is 33.0 Å². The van der Waals surface area contributed by atoms with E-state index >= 15 is 0 Å². The lowest BCUT2D eigenvalue weighted by atomic mass is 10.2. The molecule has 0 amide bonds. The zero-order chi connectivity index (χ0) is 9.10. The molecular formula is C10H19FN2. The average molecular weight is 186 g/mol. The molecule has 0 aromatic heterocycles. The van der Waals surface area contributed by atoms with Crippen LogP contribution in [0.4, 0.5) is 4.39 Å². The number of hydrogen-bond acceptors (Lipinski definition) is 2. The lowest BCUT2D eigenvalue weighted by Gasteiger charge is -2.25. The van der Waals surface area contributed by atoms with Crippen LogP contribution in [0.3, 0.4) is 0 Å². The van der Waals surface area contributed by atoms with E-state index in [1.165, 1.54) is 38.8 Å². The molecule has 0 N–H and O–H groups in total. The zero-order valence-corrected chi connectivity index (χ0v) is 8.21. The summed E-state index contributed by atoms with van der Waals surface area (Å²) >= 11 is 0. The van der Waals surface area contributed by atoms with Gasteiger partial charge in [-0.25, -0.2) is 4.39 Å². The molecular weight excluding hydrogens is 167 g/mol. The third kappa shape index (κ3) is 2.20. The Labute approximate surface area is 79.7 Å². The standard InChI is InChI=1S/C10H19FN2/c11-9-13-7-3-4-10(13)8-12-5-1-2-6-12/h10H,1-9H2. The lowest BCUT2D eigenvalue weighted by Crippen LogP contribution is -2.38. The van der Waals surface area contributed by atoms with Crippen molar-refractivity contribution in [2.45, 2.75) is 31.7 Å². The van der Waals surface area contributed by atoms with Crippen molar-refractivity contribution in [3.05, 3.63) is 0 Å². The monoisotopic (exact) mass is 186 g/mol. The van der Waals surface area contributed by atoms with Gasteiger partial charge in [-0.1, -0.05) is 0 Å². The second kappa shape index (κ2) is 4.38. The normalized spacial score (nSPS) is 31.6. The topological polar surface area (TPSA) is 6.48 Å². The predicted molar refractivity (Wildman–Crippen MR) is 51.4 cm³/mol. The first kappa shape index (κ1) is 9.41. The first-order valence-electron chi connectivity index (χ1n) is 5.42. The molecule has 2 heterocycles. The fourth-order valence-electron chi connectivity index (χ4n) is 2.52. The Bertz CT molecular complexity index is 157. The Morgan fingerprint density at radius 2 is 1.85 bits per heavy atom. The second-order valence-electron chi connectivity index (χ2n) is 4.24. The van der Waals surface area contributed by atoms with Crippen LogP contribution >= 0.6 is 0 Å². The first-order valence-corrected chi connectivity index (χ1v) is 5.42. The van der Waals surface area contributed by atoms with Crippen molar-refractivity contribution in [1.29, 1.82) is 0 Å². The molecule has 1 atom stereocenters. The van der Waals surface area contributed by atoms with Gasteiger partial charge in [-0.05, 0) is 38.8 Å². The second-order valence-corrected chi connectivity index (χ2v) is 4.24. The Hall–Kier alpha value is -0.150. The van der Waals surface area contributed by atoms with Crippen LogP contribution in [0.5, 0.6) is 0 Å². The molecule has 2 rings (SSSR count). The Morgan fingerprint density at radius 1 is 1.08 bits per heavy atom. The molecule has 0 aromatic carbocycles. The number of nitrogens with zero attached hydrogens (tertiary/aromatic N) is 2. The summed E-state index contributed by atoms with van der Waals surface area (Å²) in [6.07, 6.45) is 5.05. The van der Waals surface area contributed by atoms with Gasteiger partial charge in [-0.3, -0.25) is 4.90 Å². The van der Waals surface area contributed by atoms with Crippen LogP contribution in [0, 0.1) is 0 Å². The smallest absolute Gasteiger partial charge is 0.143 e. The minimum atomic E-state index is -0.251. The highest BCUT2D eigenvalue weighted by Gasteiger charge is 2.26. The largest absolute Gasteiger partial charge is 0.302 e. The summed E-state index contributed by atoms with van der Waals surface area (Å²) in [5.41, 5.74) is 0. The van der Waals surface area contributed by atoms with Crippen molar-refractivity contribution in [3.8, 4) is 0 Å². The van der Waals surface area contributed by atoms with E-state index in [0.717, 1.165) is 13.1 Å². The summed E-state index contributed by atoms with van der Waals surface area (Å²) in [4.78, 5) is 4.47. The van der Waals surface area contributed by atoms with Gasteiger partial charge in [0.05, 0.1) is 0 Å². The third-order valence-electron chi connectivity index (χ3n) is 3.32. The van der Waals surface area contributed by atoms with Gasteiger partial charge in [-0.2, -0.15) is 0 Å². The number of likely N-dealkylation sites (tertiary alicyclic amines) is 2. The van der Waals surface area contributed by atoms with Gasteiger partial charge in [0.1, 0.15) is 6.80 Å². The van der Waals surface area contributed by atoms with E-state index in [9.17, 15) is 4.39 Å². The summed E-state index contributed by atoms with van der Waals surface area (Å²) in [6, 6.07) is 0.503. The maximum atomic E-state index is 12.5. The Kier molecular flexibility index (Phi) is 3.17. The maximum absolute atomic E-state index is 12.5. The van der Waals surface area contributed by atoms with Gasteiger partial charge in [0.25, 0.3) is 0 Å². The molecule has 3 heteroatoms. The molecule has 0 aliphatic carbocycles. The van der Waals surface area contributed by atoms with Gasteiger partial charge in [0.2, 0.25) is 0 Å². The summed E-state index contributed by atoms with van der Waals surface area (Å²) in [6.45, 7) is 4.28. The minimum Gasteiger partial charge on any atom is -0.302 e. The Balaban J connectivity index is 1.79. The number of alkyl halides is 1. The first-order chi connectivity index (χ1) is 6.40. The molecule has 2 fully saturated rings. The van der Waals surface area contributed by atoms with E-state index in [1.54, 1.807) is 0 Å². The van der Waals surface area contributed by atoms with E-state index in [-0.39, 0.29) is 6.80 Å². The minimum absolute atomic E-state index is 0.251. The highest BCUT2D eigenvalue weighted by Crippen LogP contribution is 2.19. The molecule has 0 spiro atoms. The van der Waals surface area contributed by atoms with Crippen LogP contribution < -0.4 is 0 Å². The van der Waals surface area contributed by atoms with Gasteiger partial charge in [-0.15, -0.1) is 0 Å². The number of rotatable bonds is 3. The van der Waals surface area contributed by atoms with Crippen molar-refractivity contribution < 1.29 is 4.39 Å². The third-order valence-corrected chi connectivity index (χ3v) is 3.32. The molecule has 2 aliphatic rings. The van der Waals surface area contributed by atoms with Gasteiger partial charge in [0.15, 0.2) is 0 Å². The Morgan fingerprint density at radius 3 is 2.54 bits per heavy atom. The molecule has 2 nitrogen and oxygen atoms in total. The van der Waals surface area contributed by atoms with Crippen LogP contribution in [-0.2, 0) is 0 Å². The highest BCUT2D eigenvalue weighted by molar-refractivity contribution is 4.81. The number of halogens is 1. The molecule has 0 aromatic rings. The van der Waals surface area contributed by atoms with Gasteiger partial charge in [0, 0.05) is 19.1 Å². The summed E-state index contributed by atoms with van der Waals surface area (Å²) in [5, 5.41) is 0. The van der Waals surface area contributed by atoms with E-state index in [1.807, 2.05) is 4.90 Å². The molecule has 76 valence electrons. The zero-order valence-electron chi connectivity index (χ0n) is 8.21. The van der Waals surface area contributed by atoms with Gasteiger partial charge < -0.3 is 4.90 Å². The van der Waals surface area contributed by atoms with E-state index < -0.39 is 0 Å². The number of hydrogen-bond donors (Lipinski definition) is 0. The van der Waals surface area contributed by atoms with Crippen LogP contribution in [0.2, 0.25) is 0 Å². The maximum Gasteiger partial charge on any atom is 0.143 e. The molecule has 13 heavy (non-hydrogen) atoms. The van der Waals surface area contributed by atoms with E-state index in [2.05, 4.69) is 4.90 Å². The van der Waals surface area contributed by atoms with Crippen molar-refractivity contribution in [2.24, 2.45) is 0 Å². The van der Waals surface area contributed by atoms with Crippen molar-refractivity contribution >= 4 is 0 Å². The van der Waals surface area contributed by atoms with Crippen molar-refractivity contribution in [1.82, 2.24) is 9.80 Å². The molecule has 2 saturated heterocycles. The quantitative estimate of drug-likeness (QED) is 0.616. The van der Waals surface area contributed by atoms with Crippen LogP contribution in [-0.4, -0.2) is 48.8 Å². The molecule has 1 unspecified atom stereocenters. The molecule has 2 aliphatic heterocycles. The van der Waals surface area contributed by atoms with E-state index in [0.29, 0.717) is 6.04 Å². The summed E-state index contributed by atoms with van der Waals surface area (Å²) in [5.74, 6) is 0. The fraction of sp³-hybridized carbons (Fsp3) is 1.00. The average Bonchev–Trinajstić information content (AvgIpc) is 2.76. The SMILES string of the molecule is FCN1CCCC1CN1CCCC1. The predicted octanol–water partition coefficient (Wildman–Crippen LogP) is 1.47. The van der Waals surface area contributed by atoms with E-state index in [4.69, 9.17) is 0 Å². The summed E-state index contributed by atoms with van der Waals surface area (Å²) < 4.78 is 12.5. The van der Waals surface area contributed by atoms with Gasteiger partial charge >= 0.3 is 0 Å². The molecule has 0 saturated carbocycles. The highest BCUT2D eigenvalue weighted by atomic mass is 19.1. The van der Waals surface area contributed by atoms with Crippen LogP contribution in [0.15, 0.2) is 0 Å². The fourth-order valence-corrected chi connectivity index (χ4v) is 2.52. The summed E-state index contributed by atoms with van der Waals surface area (Å²) in [7, 11) is 0.